The van der Waals surface area contributed by atoms with Crippen molar-refractivity contribution in [2.45, 2.75) is 64.0 Å². The number of hydrogen-bond donors (Lipinski definition) is 2. The Morgan fingerprint density at radius 1 is 1.11 bits per heavy atom. The first kappa shape index (κ1) is 23.9. The molecule has 5 rings (SSSR count). The zero-order valence-corrected chi connectivity index (χ0v) is 20.8. The van der Waals surface area contributed by atoms with E-state index in [2.05, 4.69) is 46.1 Å². The van der Waals surface area contributed by atoms with Crippen LogP contribution in [0.4, 0.5) is 11.6 Å². The van der Waals surface area contributed by atoms with E-state index in [1.807, 2.05) is 0 Å². The van der Waals surface area contributed by atoms with Crippen molar-refractivity contribution in [3.63, 3.8) is 0 Å². The van der Waals surface area contributed by atoms with E-state index in [0.29, 0.717) is 34.4 Å². The van der Waals surface area contributed by atoms with Gasteiger partial charge in [-0.25, -0.2) is 19.3 Å². The van der Waals surface area contributed by atoms with Crippen LogP contribution < -0.4 is 10.9 Å². The highest BCUT2D eigenvalue weighted by atomic mass is 16.3. The molecule has 0 spiro atoms. The topological polar surface area (TPSA) is 97.9 Å². The van der Waals surface area contributed by atoms with Gasteiger partial charge in [0.25, 0.3) is 5.56 Å². The molecule has 1 saturated carbocycles. The van der Waals surface area contributed by atoms with Crippen LogP contribution in [0.15, 0.2) is 66.1 Å². The molecule has 0 bridgehead atoms. The van der Waals surface area contributed by atoms with Crippen molar-refractivity contribution in [2.24, 2.45) is 0 Å². The highest BCUT2D eigenvalue weighted by molar-refractivity contribution is 5.77. The van der Waals surface area contributed by atoms with Gasteiger partial charge in [-0.2, -0.15) is 4.98 Å². The minimum absolute atomic E-state index is 0.233. The molecule has 1 aromatic carbocycles. The van der Waals surface area contributed by atoms with Crippen molar-refractivity contribution in [1.29, 1.82) is 0 Å². The molecule has 4 aromatic rings. The lowest BCUT2D eigenvalue weighted by atomic mass is 9.84. The van der Waals surface area contributed by atoms with Crippen LogP contribution >= 0.6 is 0 Å². The van der Waals surface area contributed by atoms with Crippen LogP contribution in [-0.2, 0) is 12.1 Å². The number of nitrogens with one attached hydrogen (secondary N) is 1. The predicted octanol–water partition coefficient (Wildman–Crippen LogP) is 5.18. The molecule has 1 fully saturated rings. The van der Waals surface area contributed by atoms with Gasteiger partial charge in [-0.1, -0.05) is 43.5 Å². The molecular weight excluding hydrogens is 452 g/mol. The first-order chi connectivity index (χ1) is 17.3. The molecule has 0 unspecified atom stereocenters. The first-order valence-corrected chi connectivity index (χ1v) is 12.5. The van der Waals surface area contributed by atoms with Crippen molar-refractivity contribution in [1.82, 2.24) is 24.3 Å². The third kappa shape index (κ3) is 4.68. The molecule has 1 aliphatic carbocycles. The molecule has 186 valence electrons. The first-order valence-electron chi connectivity index (χ1n) is 12.5. The van der Waals surface area contributed by atoms with E-state index in [0.717, 1.165) is 5.69 Å². The maximum Gasteiger partial charge on any atom is 0.278 e. The summed E-state index contributed by atoms with van der Waals surface area (Å²) in [6, 6.07) is 13.8. The lowest BCUT2D eigenvalue weighted by Crippen LogP contribution is -2.23. The average molecular weight is 485 g/mol. The van der Waals surface area contributed by atoms with Crippen LogP contribution in [-0.4, -0.2) is 29.4 Å². The van der Waals surface area contributed by atoms with Gasteiger partial charge in [-0.05, 0) is 62.4 Å². The number of anilines is 2. The molecular formula is C28H32N6O2. The van der Waals surface area contributed by atoms with Gasteiger partial charge in [0, 0.05) is 11.9 Å². The number of aromatic nitrogens is 5. The maximum absolute atomic E-state index is 13.2. The second-order valence-corrected chi connectivity index (χ2v) is 9.94. The summed E-state index contributed by atoms with van der Waals surface area (Å²) in [5.74, 6) is 1.51. The lowest BCUT2D eigenvalue weighted by molar-refractivity contribution is 0.0738. The number of fused-ring (bicyclic) bond motifs is 1. The van der Waals surface area contributed by atoms with Crippen molar-refractivity contribution >= 4 is 22.7 Å². The summed E-state index contributed by atoms with van der Waals surface area (Å²) in [5.41, 5.74) is 1.82. The van der Waals surface area contributed by atoms with Crippen LogP contribution in [0, 0.1) is 0 Å². The van der Waals surface area contributed by atoms with Gasteiger partial charge < -0.3 is 10.4 Å². The van der Waals surface area contributed by atoms with Gasteiger partial charge >= 0.3 is 0 Å². The highest BCUT2D eigenvalue weighted by Gasteiger charge is 2.22. The number of rotatable bonds is 7. The van der Waals surface area contributed by atoms with Crippen LogP contribution in [0.1, 0.15) is 63.1 Å². The van der Waals surface area contributed by atoms with Crippen molar-refractivity contribution < 1.29 is 5.11 Å². The standard InChI is InChI=1S/C28H32N6O2/c1-4-17-33-26(35)22-18-29-27(30-21-15-13-20(14-16-21)19-9-6-5-7-10-19)32-25(22)34(33)24-12-8-11-23(31-24)28(2,3)36/h4,8,11-16,18-19,36H,1,5-7,9-10,17H2,2-3H3,(H,29,30,32). The summed E-state index contributed by atoms with van der Waals surface area (Å²) in [7, 11) is 0. The quantitative estimate of drug-likeness (QED) is 0.351. The van der Waals surface area contributed by atoms with E-state index in [4.69, 9.17) is 4.98 Å². The Hall–Kier alpha value is -3.78. The summed E-state index contributed by atoms with van der Waals surface area (Å²) in [6.45, 7) is 7.41. The zero-order valence-electron chi connectivity index (χ0n) is 20.8. The molecule has 3 aromatic heterocycles. The summed E-state index contributed by atoms with van der Waals surface area (Å²) in [6.07, 6.45) is 9.66. The molecule has 0 atom stereocenters. The molecule has 8 heteroatoms. The molecule has 0 amide bonds. The minimum atomic E-state index is -1.13. The number of benzene rings is 1. The maximum atomic E-state index is 13.2. The van der Waals surface area contributed by atoms with Gasteiger partial charge in [-0.3, -0.25) is 4.79 Å². The summed E-state index contributed by atoms with van der Waals surface area (Å²) >= 11 is 0. The smallest absolute Gasteiger partial charge is 0.278 e. The van der Waals surface area contributed by atoms with Gasteiger partial charge in [-0.15, -0.1) is 6.58 Å². The summed E-state index contributed by atoms with van der Waals surface area (Å²) in [5, 5.41) is 14.1. The monoisotopic (exact) mass is 484 g/mol. The van der Waals surface area contributed by atoms with Crippen LogP contribution in [0.5, 0.6) is 0 Å². The van der Waals surface area contributed by atoms with Crippen molar-refractivity contribution in [2.75, 3.05) is 5.32 Å². The Kier molecular flexibility index (Phi) is 6.45. The highest BCUT2D eigenvalue weighted by Crippen LogP contribution is 2.33. The van der Waals surface area contributed by atoms with E-state index in [1.54, 1.807) is 49.0 Å². The zero-order chi connectivity index (χ0) is 25.3. The van der Waals surface area contributed by atoms with Crippen LogP contribution in [0.25, 0.3) is 16.9 Å². The fraction of sp³-hybridized carbons (Fsp3) is 0.357. The number of hydrogen-bond acceptors (Lipinski definition) is 6. The fourth-order valence-electron chi connectivity index (χ4n) is 4.89. The fourth-order valence-corrected chi connectivity index (χ4v) is 4.89. The van der Waals surface area contributed by atoms with Crippen LogP contribution in [0.3, 0.4) is 0 Å². The van der Waals surface area contributed by atoms with Gasteiger partial charge in [0.2, 0.25) is 5.95 Å². The summed E-state index contributed by atoms with van der Waals surface area (Å²) < 4.78 is 3.18. The normalized spacial score (nSPS) is 14.8. The third-order valence-electron chi connectivity index (χ3n) is 6.80. The molecule has 36 heavy (non-hydrogen) atoms. The van der Waals surface area contributed by atoms with Gasteiger partial charge in [0.05, 0.1) is 12.2 Å². The Morgan fingerprint density at radius 3 is 2.56 bits per heavy atom. The Bertz CT molecular complexity index is 1440. The summed E-state index contributed by atoms with van der Waals surface area (Å²) in [4.78, 5) is 26.9. The van der Waals surface area contributed by atoms with Crippen molar-refractivity contribution in [3.05, 3.63) is 82.9 Å². The second kappa shape index (κ2) is 9.70. The largest absolute Gasteiger partial charge is 0.384 e. The average Bonchev–Trinajstić information content (AvgIpc) is 3.15. The number of pyridine rings is 1. The Labute approximate surface area is 210 Å². The number of aliphatic hydroxyl groups is 1. The van der Waals surface area contributed by atoms with Crippen LogP contribution in [0.2, 0.25) is 0 Å². The van der Waals surface area contributed by atoms with E-state index in [-0.39, 0.29) is 12.1 Å². The second-order valence-electron chi connectivity index (χ2n) is 9.94. The Morgan fingerprint density at radius 2 is 1.86 bits per heavy atom. The number of allylic oxidation sites excluding steroid dienone is 1. The van der Waals surface area contributed by atoms with Gasteiger partial charge in [0.1, 0.15) is 11.0 Å². The van der Waals surface area contributed by atoms with Crippen molar-refractivity contribution in [3.8, 4) is 5.82 Å². The Balaban J connectivity index is 1.53. The molecule has 3 heterocycles. The van der Waals surface area contributed by atoms with E-state index < -0.39 is 5.60 Å². The number of nitrogens with zero attached hydrogens (tertiary/aromatic N) is 5. The third-order valence-corrected chi connectivity index (χ3v) is 6.80. The SMILES string of the molecule is C=CCn1c(=O)c2cnc(Nc3ccc(C4CCCCC4)cc3)nc2n1-c1cccc(C(C)(C)O)n1. The molecule has 0 aliphatic heterocycles. The van der Waals surface area contributed by atoms with E-state index >= 15 is 0 Å². The lowest BCUT2D eigenvalue weighted by Gasteiger charge is -2.22. The molecule has 1 aliphatic rings. The minimum Gasteiger partial charge on any atom is -0.384 e. The molecule has 2 N–H and O–H groups in total. The van der Waals surface area contributed by atoms with Gasteiger partial charge in [0.15, 0.2) is 11.5 Å². The predicted molar refractivity (Wildman–Crippen MR) is 142 cm³/mol. The van der Waals surface area contributed by atoms with E-state index in [9.17, 15) is 9.90 Å². The van der Waals surface area contributed by atoms with E-state index in [1.165, 1.54) is 42.3 Å². The molecule has 0 saturated heterocycles. The molecule has 0 radical (unpaired) electrons. The molecule has 8 nitrogen and oxygen atoms in total.